The smallest absolute Gasteiger partial charge is 0.0695 e. The molecule has 0 bridgehead atoms. The largest absolute Gasteiger partial charge is 0.256 e. The number of hydrogen-bond donors (Lipinski definition) is 0. The molecule has 4 aromatic rings. The van der Waals surface area contributed by atoms with Crippen molar-refractivity contribution in [3.8, 4) is 0 Å². The second-order valence-electron chi connectivity index (χ2n) is 7.30. The molecule has 0 spiro atoms. The summed E-state index contributed by atoms with van der Waals surface area (Å²) in [5.41, 5.74) is 6.38. The molecule has 0 fully saturated rings. The van der Waals surface area contributed by atoms with Gasteiger partial charge in [-0.25, -0.2) is 0 Å². The van der Waals surface area contributed by atoms with Crippen molar-refractivity contribution in [1.82, 2.24) is 9.97 Å². The predicted octanol–water partition coefficient (Wildman–Crippen LogP) is 5.46. The molecule has 2 heterocycles. The Bertz CT molecular complexity index is 981. The van der Waals surface area contributed by atoms with Gasteiger partial charge in [-0.1, -0.05) is 73.7 Å². The first-order chi connectivity index (χ1) is 14.3. The maximum Gasteiger partial charge on any atom is 0.0695 e. The highest BCUT2D eigenvalue weighted by atomic mass is 31.1. The summed E-state index contributed by atoms with van der Waals surface area (Å²) in [6.45, 7) is 2.31. The topological polar surface area (TPSA) is 25.8 Å². The van der Waals surface area contributed by atoms with Crippen molar-refractivity contribution in [2.45, 2.75) is 25.4 Å². The lowest BCUT2D eigenvalue weighted by Gasteiger charge is -2.18. The fourth-order valence-corrected chi connectivity index (χ4v) is 5.64. The average Bonchev–Trinajstić information content (AvgIpc) is 2.79. The molecular formula is C26H25N2P. The summed E-state index contributed by atoms with van der Waals surface area (Å²) in [5, 5.41) is 0. The highest BCUT2D eigenvalue weighted by Crippen LogP contribution is 2.37. The number of nitrogens with zero attached hydrogens (tertiary/aromatic N) is 2. The lowest BCUT2D eigenvalue weighted by Crippen LogP contribution is -2.18. The molecule has 144 valence electrons. The minimum atomic E-state index is -0.629. The molecule has 0 saturated heterocycles. The number of aromatic nitrogens is 2. The van der Waals surface area contributed by atoms with E-state index in [9.17, 15) is 0 Å². The minimum Gasteiger partial charge on any atom is -0.256 e. The number of rotatable bonds is 7. The van der Waals surface area contributed by atoms with Gasteiger partial charge in [-0.15, -0.1) is 0 Å². The van der Waals surface area contributed by atoms with Gasteiger partial charge in [0.1, 0.15) is 0 Å². The molecule has 1 unspecified atom stereocenters. The van der Waals surface area contributed by atoms with Crippen LogP contribution in [0.2, 0.25) is 0 Å². The van der Waals surface area contributed by atoms with Gasteiger partial charge in [0, 0.05) is 26.5 Å². The van der Waals surface area contributed by atoms with Gasteiger partial charge in [-0.2, -0.15) is 0 Å². The van der Waals surface area contributed by atoms with Crippen molar-refractivity contribution < 1.29 is 0 Å². The van der Waals surface area contributed by atoms with Gasteiger partial charge >= 0.3 is 0 Å². The summed E-state index contributed by atoms with van der Waals surface area (Å²) >= 11 is 0. The molecule has 0 aliphatic carbocycles. The van der Waals surface area contributed by atoms with E-state index < -0.39 is 7.92 Å². The lowest BCUT2D eigenvalue weighted by atomic mass is 9.93. The van der Waals surface area contributed by atoms with Crippen LogP contribution in [0.5, 0.6) is 0 Å². The molecule has 2 aromatic carbocycles. The first kappa shape index (κ1) is 19.5. The molecule has 2 nitrogen and oxygen atoms in total. The quantitative estimate of drug-likeness (QED) is 0.388. The van der Waals surface area contributed by atoms with E-state index in [1.807, 2.05) is 24.5 Å². The monoisotopic (exact) mass is 396 g/mol. The van der Waals surface area contributed by atoms with Crippen LogP contribution in [-0.2, 0) is 12.6 Å². The molecule has 0 aliphatic rings. The molecule has 4 rings (SSSR count). The molecule has 2 aromatic heterocycles. The van der Waals surface area contributed by atoms with Gasteiger partial charge in [0.05, 0.1) is 10.9 Å². The van der Waals surface area contributed by atoms with Gasteiger partial charge in [0.2, 0.25) is 0 Å². The third-order valence-electron chi connectivity index (χ3n) is 5.10. The standard InChI is InChI=1S/C26H25N2P/c1-21(18-22-10-3-2-4-11-22)24-13-9-12-23(19-24)20-29(25-14-5-7-16-27-25)26-15-6-8-17-28-26/h2-17,19,21H,18,20H2,1H3. The lowest BCUT2D eigenvalue weighted by molar-refractivity contribution is 0.758. The molecule has 0 saturated carbocycles. The summed E-state index contributed by atoms with van der Waals surface area (Å²) < 4.78 is 0. The Balaban J connectivity index is 1.58. The van der Waals surface area contributed by atoms with Crippen LogP contribution in [0, 0.1) is 0 Å². The van der Waals surface area contributed by atoms with Gasteiger partial charge in [0.25, 0.3) is 0 Å². The van der Waals surface area contributed by atoms with Crippen LogP contribution in [0.15, 0.2) is 103 Å². The number of pyridine rings is 2. The third kappa shape index (κ3) is 5.16. The van der Waals surface area contributed by atoms with Crippen LogP contribution < -0.4 is 10.9 Å². The van der Waals surface area contributed by atoms with E-state index in [1.54, 1.807) is 0 Å². The summed E-state index contributed by atoms with van der Waals surface area (Å²) in [4.78, 5) is 9.31. The zero-order valence-electron chi connectivity index (χ0n) is 16.6. The van der Waals surface area contributed by atoms with Crippen molar-refractivity contribution >= 4 is 18.8 Å². The first-order valence-corrected chi connectivity index (χ1v) is 11.5. The fraction of sp³-hybridized carbons (Fsp3) is 0.154. The summed E-state index contributed by atoms with van der Waals surface area (Å²) in [5.74, 6) is 0.480. The Hall–Kier alpha value is -2.83. The molecular weight excluding hydrogens is 371 g/mol. The molecule has 0 amide bonds. The Labute approximate surface area is 174 Å². The van der Waals surface area contributed by atoms with E-state index in [0.717, 1.165) is 23.5 Å². The van der Waals surface area contributed by atoms with Gasteiger partial charge in [0.15, 0.2) is 0 Å². The normalized spacial score (nSPS) is 12.1. The number of hydrogen-bond acceptors (Lipinski definition) is 2. The van der Waals surface area contributed by atoms with Crippen LogP contribution in [0.4, 0.5) is 0 Å². The van der Waals surface area contributed by atoms with E-state index in [2.05, 4.69) is 95.8 Å². The molecule has 0 aliphatic heterocycles. The highest BCUT2D eigenvalue weighted by molar-refractivity contribution is 7.71. The minimum absolute atomic E-state index is 0.480. The van der Waals surface area contributed by atoms with E-state index in [0.29, 0.717) is 5.92 Å². The maximum absolute atomic E-state index is 4.65. The van der Waals surface area contributed by atoms with Crippen molar-refractivity contribution in [2.75, 3.05) is 0 Å². The van der Waals surface area contributed by atoms with Crippen LogP contribution in [0.25, 0.3) is 0 Å². The van der Waals surface area contributed by atoms with Crippen LogP contribution >= 0.6 is 7.92 Å². The highest BCUT2D eigenvalue weighted by Gasteiger charge is 2.17. The fourth-order valence-electron chi connectivity index (χ4n) is 3.57. The Morgan fingerprint density at radius 3 is 1.93 bits per heavy atom. The second-order valence-corrected chi connectivity index (χ2v) is 9.39. The van der Waals surface area contributed by atoms with E-state index in [4.69, 9.17) is 0 Å². The Morgan fingerprint density at radius 1 is 0.690 bits per heavy atom. The molecule has 0 N–H and O–H groups in total. The van der Waals surface area contributed by atoms with Crippen LogP contribution in [0.3, 0.4) is 0 Å². The van der Waals surface area contributed by atoms with E-state index >= 15 is 0 Å². The summed E-state index contributed by atoms with van der Waals surface area (Å²) in [6.07, 6.45) is 5.77. The summed E-state index contributed by atoms with van der Waals surface area (Å²) in [7, 11) is -0.629. The first-order valence-electron chi connectivity index (χ1n) is 10.0. The van der Waals surface area contributed by atoms with Gasteiger partial charge < -0.3 is 0 Å². The Morgan fingerprint density at radius 2 is 1.31 bits per heavy atom. The molecule has 1 atom stereocenters. The number of benzene rings is 2. The third-order valence-corrected chi connectivity index (χ3v) is 7.41. The van der Waals surface area contributed by atoms with E-state index in [1.165, 1.54) is 16.7 Å². The van der Waals surface area contributed by atoms with Gasteiger partial charge in [-0.05, 0) is 53.3 Å². The molecule has 3 heteroatoms. The van der Waals surface area contributed by atoms with Gasteiger partial charge in [-0.3, -0.25) is 9.97 Å². The van der Waals surface area contributed by atoms with Crippen molar-refractivity contribution in [2.24, 2.45) is 0 Å². The van der Waals surface area contributed by atoms with Crippen molar-refractivity contribution in [3.05, 3.63) is 120 Å². The van der Waals surface area contributed by atoms with Crippen LogP contribution in [-0.4, -0.2) is 9.97 Å². The zero-order chi connectivity index (χ0) is 19.9. The molecule has 29 heavy (non-hydrogen) atoms. The predicted molar refractivity (Wildman–Crippen MR) is 123 cm³/mol. The maximum atomic E-state index is 4.65. The zero-order valence-corrected chi connectivity index (χ0v) is 17.5. The average molecular weight is 396 g/mol. The Kier molecular flexibility index (Phi) is 6.44. The van der Waals surface area contributed by atoms with Crippen LogP contribution in [0.1, 0.15) is 29.5 Å². The summed E-state index contributed by atoms with van der Waals surface area (Å²) in [6, 6.07) is 32.1. The molecule has 0 radical (unpaired) electrons. The van der Waals surface area contributed by atoms with E-state index in [-0.39, 0.29) is 0 Å². The SMILES string of the molecule is CC(Cc1ccccc1)c1cccc(CP(c2ccccn2)c2ccccn2)c1. The second kappa shape index (κ2) is 9.58. The van der Waals surface area contributed by atoms with Crippen molar-refractivity contribution in [3.63, 3.8) is 0 Å². The van der Waals surface area contributed by atoms with Crippen molar-refractivity contribution in [1.29, 1.82) is 0 Å².